The SMILES string of the molecule is CCOc1ccc(N(CC(=O)NCc2ccc3c(c2)OCO3)S(=O)(=O)c2ccc(Br)cc2)cc1. The summed E-state index contributed by atoms with van der Waals surface area (Å²) in [6.45, 7) is 2.34. The Morgan fingerprint density at radius 1 is 1.03 bits per heavy atom. The summed E-state index contributed by atoms with van der Waals surface area (Å²) < 4.78 is 44.9. The molecule has 0 spiro atoms. The summed E-state index contributed by atoms with van der Waals surface area (Å²) in [7, 11) is -4.01. The van der Waals surface area contributed by atoms with Crippen LogP contribution in [0.25, 0.3) is 0 Å². The average molecular weight is 547 g/mol. The van der Waals surface area contributed by atoms with E-state index in [2.05, 4.69) is 21.2 Å². The fourth-order valence-corrected chi connectivity index (χ4v) is 5.05. The number of halogens is 1. The molecule has 10 heteroatoms. The van der Waals surface area contributed by atoms with Gasteiger partial charge in [0.05, 0.1) is 17.2 Å². The highest BCUT2D eigenvalue weighted by Gasteiger charge is 2.27. The number of carbonyl (C=O) groups is 1. The van der Waals surface area contributed by atoms with Crippen LogP contribution in [-0.4, -0.2) is 34.3 Å². The third kappa shape index (κ3) is 5.45. The molecule has 0 aromatic heterocycles. The Morgan fingerprint density at radius 3 is 2.44 bits per heavy atom. The number of hydrogen-bond donors (Lipinski definition) is 1. The molecule has 0 bridgehead atoms. The molecule has 178 valence electrons. The zero-order valence-corrected chi connectivity index (χ0v) is 20.8. The maximum atomic E-state index is 13.5. The van der Waals surface area contributed by atoms with E-state index < -0.39 is 22.5 Å². The van der Waals surface area contributed by atoms with Gasteiger partial charge < -0.3 is 19.5 Å². The van der Waals surface area contributed by atoms with Crippen LogP contribution in [0.3, 0.4) is 0 Å². The number of sulfonamides is 1. The van der Waals surface area contributed by atoms with Gasteiger partial charge >= 0.3 is 0 Å². The molecule has 34 heavy (non-hydrogen) atoms. The van der Waals surface area contributed by atoms with Gasteiger partial charge in [0.2, 0.25) is 12.7 Å². The third-order valence-electron chi connectivity index (χ3n) is 5.05. The normalized spacial score (nSPS) is 12.3. The van der Waals surface area contributed by atoms with Crippen LogP contribution in [0, 0.1) is 0 Å². The summed E-state index contributed by atoms with van der Waals surface area (Å²) in [6, 6.07) is 18.2. The van der Waals surface area contributed by atoms with Crippen molar-refractivity contribution in [3.63, 3.8) is 0 Å². The second kappa shape index (κ2) is 10.4. The molecule has 3 aromatic rings. The van der Waals surface area contributed by atoms with Gasteiger partial charge in [0.15, 0.2) is 11.5 Å². The van der Waals surface area contributed by atoms with Crippen LogP contribution in [0.2, 0.25) is 0 Å². The summed E-state index contributed by atoms with van der Waals surface area (Å²) >= 11 is 3.32. The van der Waals surface area contributed by atoms with Gasteiger partial charge in [0.25, 0.3) is 10.0 Å². The predicted molar refractivity (Wildman–Crippen MR) is 131 cm³/mol. The summed E-state index contributed by atoms with van der Waals surface area (Å²) in [6.07, 6.45) is 0. The van der Waals surface area contributed by atoms with Gasteiger partial charge in [0.1, 0.15) is 12.3 Å². The smallest absolute Gasteiger partial charge is 0.264 e. The van der Waals surface area contributed by atoms with Crippen molar-refractivity contribution in [2.45, 2.75) is 18.4 Å². The fourth-order valence-electron chi connectivity index (χ4n) is 3.36. The molecule has 1 amide bonds. The van der Waals surface area contributed by atoms with Crippen LogP contribution >= 0.6 is 15.9 Å². The van der Waals surface area contributed by atoms with E-state index in [0.717, 1.165) is 14.3 Å². The Hall–Kier alpha value is -3.24. The number of rotatable bonds is 9. The van der Waals surface area contributed by atoms with Crippen molar-refractivity contribution in [1.82, 2.24) is 5.32 Å². The van der Waals surface area contributed by atoms with Crippen LogP contribution in [0.15, 0.2) is 76.1 Å². The number of carbonyl (C=O) groups excluding carboxylic acids is 1. The number of fused-ring (bicyclic) bond motifs is 1. The first kappa shape index (κ1) is 23.9. The average Bonchev–Trinajstić information content (AvgIpc) is 3.30. The standard InChI is InChI=1S/C24H23BrN2O6S/c1-2-31-20-8-6-19(7-9-20)27(34(29,30)21-10-4-18(25)5-11-21)15-24(28)26-14-17-3-12-22-23(13-17)33-16-32-22/h3-13H,2,14-16H2,1H3,(H,26,28). The summed E-state index contributed by atoms with van der Waals surface area (Å²) in [5.41, 5.74) is 1.16. The van der Waals surface area contributed by atoms with E-state index in [0.29, 0.717) is 29.5 Å². The lowest BCUT2D eigenvalue weighted by Crippen LogP contribution is -2.40. The molecule has 0 saturated heterocycles. The molecule has 0 atom stereocenters. The van der Waals surface area contributed by atoms with Crippen molar-refractivity contribution < 1.29 is 27.4 Å². The largest absolute Gasteiger partial charge is 0.494 e. The number of anilines is 1. The van der Waals surface area contributed by atoms with Gasteiger partial charge in [-0.2, -0.15) is 0 Å². The Bertz CT molecular complexity index is 1260. The van der Waals surface area contributed by atoms with Gasteiger partial charge in [-0.25, -0.2) is 8.42 Å². The monoisotopic (exact) mass is 546 g/mol. The molecule has 0 radical (unpaired) electrons. The first-order valence-electron chi connectivity index (χ1n) is 10.5. The minimum absolute atomic E-state index is 0.0770. The van der Waals surface area contributed by atoms with Gasteiger partial charge in [-0.15, -0.1) is 0 Å². The number of hydrogen-bond acceptors (Lipinski definition) is 6. The molecule has 8 nitrogen and oxygen atoms in total. The Kier molecular flexibility index (Phi) is 7.28. The van der Waals surface area contributed by atoms with E-state index in [-0.39, 0.29) is 18.2 Å². The number of nitrogens with one attached hydrogen (secondary N) is 1. The maximum absolute atomic E-state index is 13.5. The highest BCUT2D eigenvalue weighted by atomic mass is 79.9. The van der Waals surface area contributed by atoms with Crippen LogP contribution in [-0.2, 0) is 21.4 Å². The molecule has 1 aliphatic rings. The number of ether oxygens (including phenoxy) is 3. The van der Waals surface area contributed by atoms with Crippen molar-refractivity contribution in [2.24, 2.45) is 0 Å². The van der Waals surface area contributed by atoms with Crippen molar-refractivity contribution in [1.29, 1.82) is 0 Å². The van der Waals surface area contributed by atoms with Crippen molar-refractivity contribution in [3.8, 4) is 17.2 Å². The van der Waals surface area contributed by atoms with E-state index in [1.165, 1.54) is 12.1 Å². The van der Waals surface area contributed by atoms with Crippen LogP contribution in [0.4, 0.5) is 5.69 Å². The van der Waals surface area contributed by atoms with Gasteiger partial charge in [-0.1, -0.05) is 22.0 Å². The highest BCUT2D eigenvalue weighted by molar-refractivity contribution is 9.10. The molecule has 1 N–H and O–H groups in total. The molecule has 0 aliphatic carbocycles. The van der Waals surface area contributed by atoms with E-state index in [4.69, 9.17) is 14.2 Å². The van der Waals surface area contributed by atoms with E-state index in [9.17, 15) is 13.2 Å². The van der Waals surface area contributed by atoms with E-state index in [1.54, 1.807) is 48.5 Å². The highest BCUT2D eigenvalue weighted by Crippen LogP contribution is 2.32. The molecule has 3 aromatic carbocycles. The first-order chi connectivity index (χ1) is 16.4. The van der Waals surface area contributed by atoms with Crippen molar-refractivity contribution >= 4 is 37.5 Å². The first-order valence-corrected chi connectivity index (χ1v) is 12.8. The molecule has 0 saturated carbocycles. The zero-order valence-electron chi connectivity index (χ0n) is 18.4. The van der Waals surface area contributed by atoms with Gasteiger partial charge in [0, 0.05) is 11.0 Å². The number of benzene rings is 3. The lowest BCUT2D eigenvalue weighted by atomic mass is 10.2. The van der Waals surface area contributed by atoms with Crippen molar-refractivity contribution in [3.05, 3.63) is 76.8 Å². The van der Waals surface area contributed by atoms with Crippen LogP contribution in [0.1, 0.15) is 12.5 Å². The Balaban J connectivity index is 1.54. The summed E-state index contributed by atoms with van der Waals surface area (Å²) in [5.74, 6) is 1.42. The molecule has 1 heterocycles. The minimum Gasteiger partial charge on any atom is -0.494 e. The minimum atomic E-state index is -4.01. The third-order valence-corrected chi connectivity index (χ3v) is 7.37. The topological polar surface area (TPSA) is 94.2 Å². The quantitative estimate of drug-likeness (QED) is 0.434. The van der Waals surface area contributed by atoms with E-state index >= 15 is 0 Å². The lowest BCUT2D eigenvalue weighted by molar-refractivity contribution is -0.119. The van der Waals surface area contributed by atoms with E-state index in [1.807, 2.05) is 13.0 Å². The molecular weight excluding hydrogens is 524 g/mol. The molecule has 4 rings (SSSR count). The zero-order chi connectivity index (χ0) is 24.1. The number of nitrogens with zero attached hydrogens (tertiary/aromatic N) is 1. The Morgan fingerprint density at radius 2 is 1.74 bits per heavy atom. The maximum Gasteiger partial charge on any atom is 0.264 e. The summed E-state index contributed by atoms with van der Waals surface area (Å²) in [4.78, 5) is 12.9. The fraction of sp³-hybridized carbons (Fsp3) is 0.208. The van der Waals surface area contributed by atoms with Crippen LogP contribution < -0.4 is 23.8 Å². The van der Waals surface area contributed by atoms with Crippen molar-refractivity contribution in [2.75, 3.05) is 24.2 Å². The Labute approximate surface area is 206 Å². The van der Waals surface area contributed by atoms with Crippen LogP contribution in [0.5, 0.6) is 17.2 Å². The summed E-state index contributed by atoms with van der Waals surface area (Å²) in [5, 5.41) is 2.78. The second-order valence-electron chi connectivity index (χ2n) is 7.36. The molecular formula is C24H23BrN2O6S. The second-order valence-corrected chi connectivity index (χ2v) is 10.1. The van der Waals surface area contributed by atoms with Gasteiger partial charge in [-0.3, -0.25) is 9.10 Å². The lowest BCUT2D eigenvalue weighted by Gasteiger charge is -2.24. The molecule has 0 unspecified atom stereocenters. The molecule has 1 aliphatic heterocycles. The predicted octanol–water partition coefficient (Wildman–Crippen LogP) is 4.09. The van der Waals surface area contributed by atoms with Gasteiger partial charge in [-0.05, 0) is 73.2 Å². The number of amides is 1. The molecule has 0 fully saturated rings.